The van der Waals surface area contributed by atoms with Crippen molar-refractivity contribution in [2.45, 2.75) is 6.92 Å². The minimum atomic E-state index is 1.12. The van der Waals surface area contributed by atoms with Crippen LogP contribution in [0.3, 0.4) is 0 Å². The lowest BCUT2D eigenvalue weighted by Gasteiger charge is -2.28. The smallest absolute Gasteiger partial charge is 0.0540 e. The molecule has 0 heterocycles. The summed E-state index contributed by atoms with van der Waals surface area (Å²) >= 11 is 0. The second kappa shape index (κ2) is 12.3. The van der Waals surface area contributed by atoms with Crippen LogP contribution in [-0.4, -0.2) is 0 Å². The molecule has 0 N–H and O–H groups in total. The Labute approximate surface area is 276 Å². The van der Waals surface area contributed by atoms with Gasteiger partial charge in [-0.25, -0.2) is 0 Å². The number of fused-ring (bicyclic) bond motifs is 2. The van der Waals surface area contributed by atoms with Crippen LogP contribution in [0.25, 0.3) is 32.7 Å². The van der Waals surface area contributed by atoms with Crippen LogP contribution in [0.15, 0.2) is 188 Å². The first kappa shape index (κ1) is 28.4. The summed E-state index contributed by atoms with van der Waals surface area (Å²) < 4.78 is 0. The van der Waals surface area contributed by atoms with Crippen LogP contribution in [0, 0.1) is 6.92 Å². The van der Waals surface area contributed by atoms with Gasteiger partial charge >= 0.3 is 0 Å². The molecule has 0 aliphatic rings. The van der Waals surface area contributed by atoms with Crippen LogP contribution in [0.4, 0.5) is 34.1 Å². The molecule has 8 aromatic rings. The molecule has 0 aliphatic carbocycles. The second-order valence-electron chi connectivity index (χ2n) is 11.9. The number of aryl methyl sites for hydroxylation is 1. The fourth-order valence-electron chi connectivity index (χ4n) is 6.72. The molecule has 2 nitrogen and oxygen atoms in total. The van der Waals surface area contributed by atoms with Crippen molar-refractivity contribution in [3.05, 3.63) is 194 Å². The Morgan fingerprint density at radius 3 is 1.30 bits per heavy atom. The highest BCUT2D eigenvalue weighted by molar-refractivity contribution is 6.00. The summed E-state index contributed by atoms with van der Waals surface area (Å²) in [5, 5.41) is 4.91. The third-order valence-corrected chi connectivity index (χ3v) is 8.95. The Bertz CT molecular complexity index is 2300. The van der Waals surface area contributed by atoms with E-state index >= 15 is 0 Å². The third kappa shape index (κ3) is 5.41. The first-order chi connectivity index (χ1) is 23.2. The van der Waals surface area contributed by atoms with E-state index in [0.717, 1.165) is 28.4 Å². The summed E-state index contributed by atoms with van der Waals surface area (Å²) in [5.41, 5.74) is 10.5. The molecule has 0 amide bonds. The summed E-state index contributed by atoms with van der Waals surface area (Å²) in [5.74, 6) is 0. The minimum Gasteiger partial charge on any atom is -0.310 e. The highest BCUT2D eigenvalue weighted by atomic mass is 15.1. The van der Waals surface area contributed by atoms with E-state index < -0.39 is 0 Å². The monoisotopic (exact) mass is 602 g/mol. The maximum Gasteiger partial charge on any atom is 0.0540 e. The second-order valence-corrected chi connectivity index (χ2v) is 11.9. The van der Waals surface area contributed by atoms with E-state index in [1.165, 1.54) is 43.9 Å². The van der Waals surface area contributed by atoms with E-state index in [2.05, 4.69) is 205 Å². The summed E-state index contributed by atoms with van der Waals surface area (Å²) in [7, 11) is 0. The summed E-state index contributed by atoms with van der Waals surface area (Å²) in [6, 6.07) is 67.3. The average Bonchev–Trinajstić information content (AvgIpc) is 3.13. The molecule has 8 rings (SSSR count). The Morgan fingerprint density at radius 1 is 0.340 bits per heavy atom. The molecule has 0 unspecified atom stereocenters. The first-order valence-electron chi connectivity index (χ1n) is 16.1. The number of rotatable bonds is 7. The molecule has 8 aromatic carbocycles. The minimum absolute atomic E-state index is 1.12. The van der Waals surface area contributed by atoms with Gasteiger partial charge in [0.25, 0.3) is 0 Å². The Balaban J connectivity index is 1.18. The lowest BCUT2D eigenvalue weighted by atomic mass is 9.98. The molecule has 2 heteroatoms. The number of hydrogen-bond acceptors (Lipinski definition) is 2. The maximum absolute atomic E-state index is 2.37. The quantitative estimate of drug-likeness (QED) is 0.179. The molecule has 0 fully saturated rings. The van der Waals surface area contributed by atoms with E-state index in [4.69, 9.17) is 0 Å². The fourth-order valence-corrected chi connectivity index (χ4v) is 6.72. The van der Waals surface area contributed by atoms with E-state index in [1.54, 1.807) is 0 Å². The van der Waals surface area contributed by atoms with Gasteiger partial charge < -0.3 is 9.80 Å². The Morgan fingerprint density at radius 2 is 0.766 bits per heavy atom. The standard InChI is InChI=1S/C45H34N2/c1-33-32-40(47(38-20-6-3-7-21-38)45-25-13-17-35-15-9-11-23-43(35)45)30-31-41(33)36-26-28-39(29-27-36)46(37-18-4-2-5-19-37)44-24-12-16-34-14-8-10-22-42(34)44/h2-32H,1H3. The van der Waals surface area contributed by atoms with Crippen molar-refractivity contribution in [2.24, 2.45) is 0 Å². The molecule has 0 aromatic heterocycles. The molecule has 47 heavy (non-hydrogen) atoms. The van der Waals surface area contributed by atoms with Crippen molar-refractivity contribution < 1.29 is 0 Å². The van der Waals surface area contributed by atoms with Gasteiger partial charge in [-0.05, 0) is 95.1 Å². The van der Waals surface area contributed by atoms with Crippen LogP contribution in [0.2, 0.25) is 0 Å². The van der Waals surface area contributed by atoms with Gasteiger partial charge in [0.2, 0.25) is 0 Å². The number of hydrogen-bond donors (Lipinski definition) is 0. The van der Waals surface area contributed by atoms with Crippen molar-refractivity contribution in [3.63, 3.8) is 0 Å². The predicted octanol–water partition coefficient (Wildman–Crippen LogP) is 12.9. The molecular formula is C45H34N2. The molecule has 0 radical (unpaired) electrons. The zero-order valence-corrected chi connectivity index (χ0v) is 26.3. The van der Waals surface area contributed by atoms with Crippen LogP contribution >= 0.6 is 0 Å². The van der Waals surface area contributed by atoms with Crippen LogP contribution < -0.4 is 9.80 Å². The van der Waals surface area contributed by atoms with Gasteiger partial charge in [0.15, 0.2) is 0 Å². The zero-order valence-electron chi connectivity index (χ0n) is 26.3. The van der Waals surface area contributed by atoms with Gasteiger partial charge in [-0.15, -0.1) is 0 Å². The summed E-state index contributed by atoms with van der Waals surface area (Å²) in [6.45, 7) is 2.21. The van der Waals surface area contributed by atoms with Gasteiger partial charge in [-0.1, -0.05) is 127 Å². The van der Waals surface area contributed by atoms with E-state index in [0.29, 0.717) is 0 Å². The molecule has 0 saturated heterocycles. The SMILES string of the molecule is Cc1cc(N(c2ccccc2)c2cccc3ccccc23)ccc1-c1ccc(N(c2ccccc2)c2cccc3ccccc23)cc1. The van der Waals surface area contributed by atoms with Gasteiger partial charge in [0.05, 0.1) is 11.4 Å². The maximum atomic E-state index is 2.37. The van der Waals surface area contributed by atoms with Crippen LogP contribution in [-0.2, 0) is 0 Å². The molecule has 0 spiro atoms. The van der Waals surface area contributed by atoms with Gasteiger partial charge in [0.1, 0.15) is 0 Å². The fraction of sp³-hybridized carbons (Fsp3) is 0.0222. The summed E-state index contributed by atoms with van der Waals surface area (Å²) in [6.07, 6.45) is 0. The van der Waals surface area contributed by atoms with Crippen molar-refractivity contribution >= 4 is 55.7 Å². The van der Waals surface area contributed by atoms with Gasteiger partial charge in [0, 0.05) is 33.5 Å². The van der Waals surface area contributed by atoms with E-state index in [1.807, 2.05) is 0 Å². The van der Waals surface area contributed by atoms with Crippen molar-refractivity contribution in [1.82, 2.24) is 0 Å². The molecule has 224 valence electrons. The number of nitrogens with zero attached hydrogens (tertiary/aromatic N) is 2. The van der Waals surface area contributed by atoms with Crippen molar-refractivity contribution in [2.75, 3.05) is 9.80 Å². The third-order valence-electron chi connectivity index (χ3n) is 8.95. The Hall–Kier alpha value is -6.12. The largest absolute Gasteiger partial charge is 0.310 e. The zero-order chi connectivity index (χ0) is 31.6. The summed E-state index contributed by atoms with van der Waals surface area (Å²) in [4.78, 5) is 4.72. The normalized spacial score (nSPS) is 11.1. The molecule has 0 saturated carbocycles. The van der Waals surface area contributed by atoms with Crippen molar-refractivity contribution in [1.29, 1.82) is 0 Å². The lowest BCUT2D eigenvalue weighted by molar-refractivity contribution is 1.28. The topological polar surface area (TPSA) is 6.48 Å². The van der Waals surface area contributed by atoms with E-state index in [9.17, 15) is 0 Å². The van der Waals surface area contributed by atoms with Crippen LogP contribution in [0.5, 0.6) is 0 Å². The molecular weight excluding hydrogens is 569 g/mol. The van der Waals surface area contributed by atoms with Crippen LogP contribution in [0.1, 0.15) is 5.56 Å². The van der Waals surface area contributed by atoms with Gasteiger partial charge in [-0.3, -0.25) is 0 Å². The average molecular weight is 603 g/mol. The highest BCUT2D eigenvalue weighted by Gasteiger charge is 2.18. The van der Waals surface area contributed by atoms with E-state index in [-0.39, 0.29) is 0 Å². The highest BCUT2D eigenvalue weighted by Crippen LogP contribution is 2.42. The Kier molecular flexibility index (Phi) is 7.45. The number of benzene rings is 8. The number of para-hydroxylation sites is 2. The molecule has 0 aliphatic heterocycles. The molecule has 0 bridgehead atoms. The predicted molar refractivity (Wildman–Crippen MR) is 201 cm³/mol. The molecule has 0 atom stereocenters. The lowest BCUT2D eigenvalue weighted by Crippen LogP contribution is -2.11. The van der Waals surface area contributed by atoms with Crippen molar-refractivity contribution in [3.8, 4) is 11.1 Å². The first-order valence-corrected chi connectivity index (χ1v) is 16.1. The number of anilines is 6. The van der Waals surface area contributed by atoms with Gasteiger partial charge in [-0.2, -0.15) is 0 Å².